The SMILES string of the molecule is CCCCCCCCC(CCCCCCC)N1CCC2(CNC2=O)C1. The second-order valence-corrected chi connectivity index (χ2v) is 8.60. The second kappa shape index (κ2) is 11.2. The topological polar surface area (TPSA) is 32.3 Å². The molecule has 25 heavy (non-hydrogen) atoms. The van der Waals surface area contributed by atoms with Crippen LogP contribution in [-0.2, 0) is 4.79 Å². The summed E-state index contributed by atoms with van der Waals surface area (Å²) in [5.41, 5.74) is -0.0123. The number of carbonyl (C=O) groups excluding carboxylic acids is 1. The summed E-state index contributed by atoms with van der Waals surface area (Å²) >= 11 is 0. The summed E-state index contributed by atoms with van der Waals surface area (Å²) in [4.78, 5) is 14.6. The van der Waals surface area contributed by atoms with Crippen LogP contribution in [0.2, 0.25) is 0 Å². The summed E-state index contributed by atoms with van der Waals surface area (Å²) in [5.74, 6) is 0.316. The Labute approximate surface area is 156 Å². The summed E-state index contributed by atoms with van der Waals surface area (Å²) in [6.07, 6.45) is 18.9. The third kappa shape index (κ3) is 6.27. The zero-order valence-corrected chi connectivity index (χ0v) is 17.0. The van der Waals surface area contributed by atoms with E-state index >= 15 is 0 Å². The fraction of sp³-hybridized carbons (Fsp3) is 0.955. The smallest absolute Gasteiger partial charge is 0.229 e. The molecule has 2 fully saturated rings. The summed E-state index contributed by atoms with van der Waals surface area (Å²) in [5, 5.41) is 2.97. The Morgan fingerprint density at radius 2 is 1.48 bits per heavy atom. The molecule has 0 aromatic heterocycles. The van der Waals surface area contributed by atoms with Crippen molar-refractivity contribution in [1.29, 1.82) is 0 Å². The molecule has 0 radical (unpaired) electrons. The van der Waals surface area contributed by atoms with E-state index in [1.807, 2.05) is 0 Å². The third-order valence-corrected chi connectivity index (χ3v) is 6.50. The highest BCUT2D eigenvalue weighted by Crippen LogP contribution is 2.37. The van der Waals surface area contributed by atoms with Crippen LogP contribution in [0.15, 0.2) is 0 Å². The minimum Gasteiger partial charge on any atom is -0.354 e. The molecule has 2 aliphatic rings. The first-order valence-electron chi connectivity index (χ1n) is 11.2. The Balaban J connectivity index is 1.72. The van der Waals surface area contributed by atoms with Crippen molar-refractivity contribution in [3.8, 4) is 0 Å². The monoisotopic (exact) mass is 350 g/mol. The van der Waals surface area contributed by atoms with E-state index in [2.05, 4.69) is 24.1 Å². The summed E-state index contributed by atoms with van der Waals surface area (Å²) in [6.45, 7) is 7.66. The van der Waals surface area contributed by atoms with Gasteiger partial charge in [-0.15, -0.1) is 0 Å². The van der Waals surface area contributed by atoms with Crippen molar-refractivity contribution < 1.29 is 4.79 Å². The molecule has 1 N–H and O–H groups in total. The molecule has 0 aromatic carbocycles. The van der Waals surface area contributed by atoms with Crippen LogP contribution in [-0.4, -0.2) is 36.5 Å². The minimum atomic E-state index is -0.0123. The molecular formula is C22H42N2O. The van der Waals surface area contributed by atoms with Crippen LogP contribution in [0.25, 0.3) is 0 Å². The molecule has 2 unspecified atom stereocenters. The quantitative estimate of drug-likeness (QED) is 0.341. The van der Waals surface area contributed by atoms with Gasteiger partial charge in [0.15, 0.2) is 0 Å². The van der Waals surface area contributed by atoms with Gasteiger partial charge in [0.05, 0.1) is 5.41 Å². The number of likely N-dealkylation sites (tertiary alicyclic amines) is 1. The van der Waals surface area contributed by atoms with Crippen LogP contribution in [0.3, 0.4) is 0 Å². The van der Waals surface area contributed by atoms with Crippen molar-refractivity contribution in [1.82, 2.24) is 10.2 Å². The predicted octanol–water partition coefficient (Wildman–Crippen LogP) is 5.29. The van der Waals surface area contributed by atoms with Crippen molar-refractivity contribution in [2.24, 2.45) is 5.41 Å². The third-order valence-electron chi connectivity index (χ3n) is 6.50. The molecule has 0 saturated carbocycles. The van der Waals surface area contributed by atoms with E-state index < -0.39 is 0 Å². The van der Waals surface area contributed by atoms with E-state index in [0.717, 1.165) is 32.1 Å². The molecule has 0 aromatic rings. The number of amides is 1. The molecule has 2 atom stereocenters. The lowest BCUT2D eigenvalue weighted by Gasteiger charge is -2.38. The van der Waals surface area contributed by atoms with E-state index in [-0.39, 0.29) is 5.41 Å². The molecule has 0 aliphatic carbocycles. The minimum absolute atomic E-state index is 0.0123. The molecule has 2 rings (SSSR count). The molecule has 1 spiro atoms. The fourth-order valence-electron chi connectivity index (χ4n) is 4.61. The lowest BCUT2D eigenvalue weighted by Crippen LogP contribution is -2.60. The summed E-state index contributed by atoms with van der Waals surface area (Å²) in [7, 11) is 0. The number of hydrogen-bond donors (Lipinski definition) is 1. The maximum absolute atomic E-state index is 12.0. The van der Waals surface area contributed by atoms with Gasteiger partial charge < -0.3 is 5.32 Å². The van der Waals surface area contributed by atoms with Gasteiger partial charge in [-0.3, -0.25) is 9.69 Å². The van der Waals surface area contributed by atoms with E-state index in [1.165, 1.54) is 83.5 Å². The number of β-lactam (4-membered cyclic amide) rings is 1. The number of nitrogens with one attached hydrogen (secondary N) is 1. The van der Waals surface area contributed by atoms with Gasteiger partial charge in [0.1, 0.15) is 0 Å². The Morgan fingerprint density at radius 1 is 0.920 bits per heavy atom. The number of hydrogen-bond acceptors (Lipinski definition) is 2. The summed E-state index contributed by atoms with van der Waals surface area (Å²) < 4.78 is 0. The highest BCUT2D eigenvalue weighted by Gasteiger charge is 2.51. The molecule has 2 aliphatic heterocycles. The van der Waals surface area contributed by atoms with Gasteiger partial charge in [-0.25, -0.2) is 0 Å². The standard InChI is InChI=1S/C22H42N2O/c1-3-5-7-9-11-13-15-20(14-12-10-8-6-4-2)24-17-16-22(19-24)18-23-21(22)25/h20H,3-19H2,1-2H3,(H,23,25). The van der Waals surface area contributed by atoms with E-state index in [0.29, 0.717) is 5.91 Å². The molecule has 3 nitrogen and oxygen atoms in total. The fourth-order valence-corrected chi connectivity index (χ4v) is 4.61. The van der Waals surface area contributed by atoms with E-state index in [9.17, 15) is 4.79 Å². The Bertz CT molecular complexity index is 384. The van der Waals surface area contributed by atoms with Crippen LogP contribution >= 0.6 is 0 Å². The highest BCUT2D eigenvalue weighted by atomic mass is 16.2. The average molecular weight is 351 g/mol. The van der Waals surface area contributed by atoms with Crippen LogP contribution in [0.5, 0.6) is 0 Å². The van der Waals surface area contributed by atoms with Crippen molar-refractivity contribution in [3.63, 3.8) is 0 Å². The van der Waals surface area contributed by atoms with Gasteiger partial charge in [-0.2, -0.15) is 0 Å². The zero-order valence-electron chi connectivity index (χ0n) is 17.0. The molecule has 1 amide bonds. The average Bonchev–Trinajstić information content (AvgIpc) is 3.09. The van der Waals surface area contributed by atoms with Crippen LogP contribution in [0.4, 0.5) is 0 Å². The van der Waals surface area contributed by atoms with Gasteiger partial charge in [0, 0.05) is 19.1 Å². The molecule has 2 heterocycles. The van der Waals surface area contributed by atoms with Gasteiger partial charge >= 0.3 is 0 Å². The van der Waals surface area contributed by atoms with Gasteiger partial charge in [0.2, 0.25) is 5.91 Å². The normalized spacial score (nSPS) is 24.5. The predicted molar refractivity (Wildman–Crippen MR) is 107 cm³/mol. The van der Waals surface area contributed by atoms with E-state index in [4.69, 9.17) is 0 Å². The van der Waals surface area contributed by atoms with Gasteiger partial charge in [-0.05, 0) is 25.8 Å². The Kier molecular flexibility index (Phi) is 9.30. The number of carbonyl (C=O) groups is 1. The van der Waals surface area contributed by atoms with Gasteiger partial charge in [0.25, 0.3) is 0 Å². The maximum Gasteiger partial charge on any atom is 0.229 e. The largest absolute Gasteiger partial charge is 0.354 e. The van der Waals surface area contributed by atoms with Crippen LogP contribution < -0.4 is 5.32 Å². The zero-order chi connectivity index (χ0) is 18.0. The lowest BCUT2D eigenvalue weighted by molar-refractivity contribution is -0.139. The van der Waals surface area contributed by atoms with Crippen molar-refractivity contribution >= 4 is 5.91 Å². The Morgan fingerprint density at radius 3 is 1.92 bits per heavy atom. The van der Waals surface area contributed by atoms with Gasteiger partial charge in [-0.1, -0.05) is 84.5 Å². The molecule has 0 bridgehead atoms. The van der Waals surface area contributed by atoms with E-state index in [1.54, 1.807) is 0 Å². The first kappa shape index (κ1) is 20.7. The first-order valence-corrected chi connectivity index (χ1v) is 11.2. The van der Waals surface area contributed by atoms with Crippen molar-refractivity contribution in [2.45, 2.75) is 110 Å². The van der Waals surface area contributed by atoms with Crippen LogP contribution in [0.1, 0.15) is 104 Å². The molecule has 3 heteroatoms. The maximum atomic E-state index is 12.0. The van der Waals surface area contributed by atoms with Crippen molar-refractivity contribution in [3.05, 3.63) is 0 Å². The van der Waals surface area contributed by atoms with Crippen molar-refractivity contribution in [2.75, 3.05) is 19.6 Å². The summed E-state index contributed by atoms with van der Waals surface area (Å²) in [6, 6.07) is 0.723. The molecule has 2 saturated heterocycles. The first-order chi connectivity index (χ1) is 12.2. The molecule has 146 valence electrons. The van der Waals surface area contributed by atoms with Crippen LogP contribution in [0, 0.1) is 5.41 Å². The molecular weight excluding hydrogens is 308 g/mol. The second-order valence-electron chi connectivity index (χ2n) is 8.60. The lowest BCUT2D eigenvalue weighted by atomic mass is 9.80. The highest BCUT2D eigenvalue weighted by molar-refractivity contribution is 5.89. The Hall–Kier alpha value is -0.570. The number of unbranched alkanes of at least 4 members (excludes halogenated alkanes) is 9. The number of nitrogens with zero attached hydrogens (tertiary/aromatic N) is 1. The number of rotatable bonds is 14.